The number of hydrogen-bond donors (Lipinski definition) is 0. The topological polar surface area (TPSA) is 78.9 Å². The van der Waals surface area contributed by atoms with Crippen LogP contribution in [0.1, 0.15) is 317 Å². The van der Waals surface area contributed by atoms with Gasteiger partial charge in [-0.05, 0) is 31.1 Å². The highest BCUT2D eigenvalue weighted by molar-refractivity contribution is 5.71. The van der Waals surface area contributed by atoms with Crippen LogP contribution in [-0.4, -0.2) is 37.2 Å². The monoisotopic (exact) mass is 891 g/mol. The Morgan fingerprint density at radius 1 is 0.302 bits per heavy atom. The second kappa shape index (κ2) is 49.8. The molecule has 0 heterocycles. The Hall–Kier alpha value is -1.59. The van der Waals surface area contributed by atoms with Crippen molar-refractivity contribution in [2.24, 2.45) is 11.8 Å². The lowest BCUT2D eigenvalue weighted by Crippen LogP contribution is -2.30. The van der Waals surface area contributed by atoms with E-state index in [1.165, 1.54) is 205 Å². The van der Waals surface area contributed by atoms with Crippen LogP contribution in [0.25, 0.3) is 0 Å². The third-order valence-electron chi connectivity index (χ3n) is 13.0. The van der Waals surface area contributed by atoms with Gasteiger partial charge in [-0.2, -0.15) is 0 Å². The quantitative estimate of drug-likeness (QED) is 0.0344. The van der Waals surface area contributed by atoms with Crippen LogP contribution in [0.3, 0.4) is 0 Å². The van der Waals surface area contributed by atoms with Gasteiger partial charge < -0.3 is 14.2 Å². The summed E-state index contributed by atoms with van der Waals surface area (Å²) in [6.45, 7) is 11.4. The molecular weight excluding hydrogens is 781 g/mol. The van der Waals surface area contributed by atoms with E-state index in [0.29, 0.717) is 19.3 Å². The highest BCUT2D eigenvalue weighted by Crippen LogP contribution is 2.18. The zero-order valence-electron chi connectivity index (χ0n) is 43.2. The standard InChI is InChI=1S/C57H110O6/c1-6-7-8-9-10-11-12-13-14-15-19-22-27-32-37-42-47-55(58)61-50-54(51-62-56(59)48-43-38-33-29-24-26-31-36-41-46-53(4)5)63-57(60)49-44-39-34-28-23-20-17-16-18-21-25-30-35-40-45-52(2)3/h52-54H,6-51H2,1-5H3/t54-/m1/s1. The van der Waals surface area contributed by atoms with Crippen LogP contribution in [0.15, 0.2) is 0 Å². The van der Waals surface area contributed by atoms with Gasteiger partial charge in [0.2, 0.25) is 0 Å². The fraction of sp³-hybridized carbons (Fsp3) is 0.947. The van der Waals surface area contributed by atoms with Gasteiger partial charge in [-0.25, -0.2) is 0 Å². The van der Waals surface area contributed by atoms with Gasteiger partial charge in [-0.3, -0.25) is 14.4 Å². The Kier molecular flexibility index (Phi) is 48.6. The normalized spacial score (nSPS) is 12.0. The first-order valence-electron chi connectivity index (χ1n) is 28.2. The minimum Gasteiger partial charge on any atom is -0.462 e. The van der Waals surface area contributed by atoms with Gasteiger partial charge in [0, 0.05) is 19.3 Å². The maximum atomic E-state index is 12.8. The molecule has 6 heteroatoms. The Bertz CT molecular complexity index is 962. The van der Waals surface area contributed by atoms with Gasteiger partial charge in [0.25, 0.3) is 0 Å². The second-order valence-electron chi connectivity index (χ2n) is 20.5. The van der Waals surface area contributed by atoms with Crippen LogP contribution in [0.2, 0.25) is 0 Å². The molecule has 0 aromatic carbocycles. The van der Waals surface area contributed by atoms with Crippen molar-refractivity contribution < 1.29 is 28.6 Å². The highest BCUT2D eigenvalue weighted by atomic mass is 16.6. The summed E-state index contributed by atoms with van der Waals surface area (Å²) < 4.78 is 16.9. The van der Waals surface area contributed by atoms with Crippen LogP contribution in [-0.2, 0) is 28.6 Å². The van der Waals surface area contributed by atoms with Crippen LogP contribution in [0.4, 0.5) is 0 Å². The lowest BCUT2D eigenvalue weighted by atomic mass is 10.0. The molecule has 63 heavy (non-hydrogen) atoms. The van der Waals surface area contributed by atoms with E-state index in [-0.39, 0.29) is 31.1 Å². The first-order valence-corrected chi connectivity index (χ1v) is 28.2. The Morgan fingerprint density at radius 3 is 0.778 bits per heavy atom. The van der Waals surface area contributed by atoms with Crippen LogP contribution in [0.5, 0.6) is 0 Å². The first kappa shape index (κ1) is 61.4. The molecule has 6 nitrogen and oxygen atoms in total. The van der Waals surface area contributed by atoms with Crippen LogP contribution in [0, 0.1) is 11.8 Å². The summed E-state index contributed by atoms with van der Waals surface area (Å²) in [5.41, 5.74) is 0. The number of rotatable bonds is 51. The molecule has 0 aliphatic rings. The Labute approximate surface area is 393 Å². The fourth-order valence-electron chi connectivity index (χ4n) is 8.70. The molecule has 0 aliphatic heterocycles. The minimum atomic E-state index is -0.762. The van der Waals surface area contributed by atoms with Gasteiger partial charge in [0.15, 0.2) is 6.10 Å². The molecule has 0 rings (SSSR count). The van der Waals surface area contributed by atoms with Gasteiger partial charge >= 0.3 is 17.9 Å². The average Bonchev–Trinajstić information content (AvgIpc) is 3.25. The largest absolute Gasteiger partial charge is 0.462 e. The molecule has 0 unspecified atom stereocenters. The Balaban J connectivity index is 4.29. The number of esters is 3. The van der Waals surface area contributed by atoms with E-state index in [1.54, 1.807) is 0 Å². The van der Waals surface area contributed by atoms with E-state index in [0.717, 1.165) is 69.6 Å². The van der Waals surface area contributed by atoms with Crippen LogP contribution < -0.4 is 0 Å². The SMILES string of the molecule is CCCCCCCCCCCCCCCCCCC(=O)OC[C@H](COC(=O)CCCCCCCCCCCC(C)C)OC(=O)CCCCCCCCCCCCCCCCC(C)C. The molecule has 0 aromatic rings. The zero-order valence-corrected chi connectivity index (χ0v) is 43.2. The van der Waals surface area contributed by atoms with Gasteiger partial charge in [0.1, 0.15) is 13.2 Å². The molecule has 0 fully saturated rings. The summed E-state index contributed by atoms with van der Waals surface area (Å²) in [6.07, 6.45) is 52.4. The summed E-state index contributed by atoms with van der Waals surface area (Å²) in [5.74, 6) is 0.810. The molecule has 0 saturated heterocycles. The third-order valence-corrected chi connectivity index (χ3v) is 13.0. The molecule has 0 aromatic heterocycles. The molecule has 0 bridgehead atoms. The summed E-state index contributed by atoms with van der Waals surface area (Å²) in [5, 5.41) is 0. The Morgan fingerprint density at radius 2 is 0.524 bits per heavy atom. The van der Waals surface area contributed by atoms with Crippen molar-refractivity contribution >= 4 is 17.9 Å². The van der Waals surface area contributed by atoms with E-state index in [1.807, 2.05) is 0 Å². The molecule has 0 amide bonds. The average molecular weight is 892 g/mol. The fourth-order valence-corrected chi connectivity index (χ4v) is 8.70. The molecule has 374 valence electrons. The summed E-state index contributed by atoms with van der Waals surface area (Å²) in [7, 11) is 0. The van der Waals surface area contributed by atoms with Crippen molar-refractivity contribution in [3.63, 3.8) is 0 Å². The molecule has 0 aliphatic carbocycles. The zero-order chi connectivity index (χ0) is 46.1. The molecule has 0 radical (unpaired) electrons. The predicted molar refractivity (Wildman–Crippen MR) is 270 cm³/mol. The first-order chi connectivity index (χ1) is 30.7. The molecule has 0 N–H and O–H groups in total. The van der Waals surface area contributed by atoms with E-state index >= 15 is 0 Å². The maximum Gasteiger partial charge on any atom is 0.306 e. The van der Waals surface area contributed by atoms with E-state index in [9.17, 15) is 14.4 Å². The van der Waals surface area contributed by atoms with Crippen molar-refractivity contribution in [3.05, 3.63) is 0 Å². The summed E-state index contributed by atoms with van der Waals surface area (Å²) >= 11 is 0. The molecule has 0 spiro atoms. The minimum absolute atomic E-state index is 0.0630. The van der Waals surface area contributed by atoms with Crippen molar-refractivity contribution in [2.45, 2.75) is 323 Å². The molecule has 0 saturated carbocycles. The van der Waals surface area contributed by atoms with E-state index in [4.69, 9.17) is 14.2 Å². The number of carbonyl (C=O) groups excluding carboxylic acids is 3. The van der Waals surface area contributed by atoms with Crippen molar-refractivity contribution in [3.8, 4) is 0 Å². The van der Waals surface area contributed by atoms with Crippen molar-refractivity contribution in [1.82, 2.24) is 0 Å². The molecule has 1 atom stereocenters. The van der Waals surface area contributed by atoms with Crippen molar-refractivity contribution in [2.75, 3.05) is 13.2 Å². The predicted octanol–water partition coefficient (Wildman–Crippen LogP) is 18.5. The summed E-state index contributed by atoms with van der Waals surface area (Å²) in [4.78, 5) is 38.1. The third kappa shape index (κ3) is 51.3. The lowest BCUT2D eigenvalue weighted by molar-refractivity contribution is -0.167. The summed E-state index contributed by atoms with van der Waals surface area (Å²) in [6, 6.07) is 0. The van der Waals surface area contributed by atoms with Crippen molar-refractivity contribution in [1.29, 1.82) is 0 Å². The maximum absolute atomic E-state index is 12.8. The second-order valence-corrected chi connectivity index (χ2v) is 20.5. The van der Waals surface area contributed by atoms with Gasteiger partial charge in [0.05, 0.1) is 0 Å². The van der Waals surface area contributed by atoms with E-state index in [2.05, 4.69) is 34.6 Å². The van der Waals surface area contributed by atoms with Gasteiger partial charge in [-0.15, -0.1) is 0 Å². The molecular formula is C57H110O6. The number of carbonyl (C=O) groups is 3. The number of hydrogen-bond acceptors (Lipinski definition) is 6. The number of unbranched alkanes of at least 4 members (excludes halogenated alkanes) is 36. The number of ether oxygens (including phenoxy) is 3. The van der Waals surface area contributed by atoms with E-state index < -0.39 is 6.10 Å². The smallest absolute Gasteiger partial charge is 0.306 e. The highest BCUT2D eigenvalue weighted by Gasteiger charge is 2.19. The van der Waals surface area contributed by atoms with Gasteiger partial charge in [-0.1, -0.05) is 279 Å². The van der Waals surface area contributed by atoms with Crippen LogP contribution >= 0.6 is 0 Å². The lowest BCUT2D eigenvalue weighted by Gasteiger charge is -2.18.